The number of methoxy groups -OCH3 is 1. The van der Waals surface area contributed by atoms with Gasteiger partial charge in [-0.25, -0.2) is 14.4 Å². The maximum Gasteiger partial charge on any atom is 0.230 e. The monoisotopic (exact) mass is 437 g/mol. The molecule has 0 radical (unpaired) electrons. The van der Waals surface area contributed by atoms with Crippen LogP contribution in [0.3, 0.4) is 0 Å². The van der Waals surface area contributed by atoms with Gasteiger partial charge in [-0.1, -0.05) is 6.07 Å². The number of fused-ring (bicyclic) bond motifs is 2. The van der Waals surface area contributed by atoms with Crippen LogP contribution >= 0.6 is 0 Å². The van der Waals surface area contributed by atoms with Crippen LogP contribution in [0, 0.1) is 30.5 Å². The number of halogens is 1. The molecule has 0 bridgehead atoms. The molecule has 7 heteroatoms. The Labute approximate surface area is 187 Å². The van der Waals surface area contributed by atoms with E-state index in [0.717, 1.165) is 17.4 Å². The fraction of sp³-hybridized carbons (Fsp3) is 0.440. The lowest BCUT2D eigenvalue weighted by atomic mass is 10.0. The number of rotatable bonds is 6. The molecule has 3 aromatic rings. The van der Waals surface area contributed by atoms with Crippen molar-refractivity contribution in [3.63, 3.8) is 0 Å². The van der Waals surface area contributed by atoms with Gasteiger partial charge in [0.2, 0.25) is 5.88 Å². The topological polar surface area (TPSA) is 56.7 Å². The zero-order valence-electron chi connectivity index (χ0n) is 18.7. The number of hydrogen-bond acceptors (Lipinski definition) is 6. The molecule has 0 amide bonds. The highest BCUT2D eigenvalue weighted by Gasteiger charge is 2.39. The molecule has 5 rings (SSSR count). The van der Waals surface area contributed by atoms with Crippen molar-refractivity contribution < 1.29 is 18.6 Å². The highest BCUT2D eigenvalue weighted by atomic mass is 19.1. The molecular formula is C25H28FN3O3. The molecule has 2 heterocycles. The second kappa shape index (κ2) is 8.54. The second-order valence-electron chi connectivity index (χ2n) is 9.12. The number of ether oxygens (including phenoxy) is 3. The first kappa shape index (κ1) is 20.9. The van der Waals surface area contributed by atoms with Gasteiger partial charge >= 0.3 is 0 Å². The fourth-order valence-electron chi connectivity index (χ4n) is 5.19. The number of benzene rings is 2. The maximum absolute atomic E-state index is 14.3. The van der Waals surface area contributed by atoms with Crippen LogP contribution in [0.5, 0.6) is 23.1 Å². The molecule has 1 aliphatic heterocycles. The van der Waals surface area contributed by atoms with Crippen molar-refractivity contribution in [2.75, 3.05) is 33.9 Å². The highest BCUT2D eigenvalue weighted by molar-refractivity contribution is 5.87. The summed E-state index contributed by atoms with van der Waals surface area (Å²) in [7, 11) is 3.81. The number of nitrogens with zero attached hydrogens (tertiary/aromatic N) is 3. The largest absolute Gasteiger partial charge is 0.493 e. The van der Waals surface area contributed by atoms with Gasteiger partial charge in [0.25, 0.3) is 0 Å². The lowest BCUT2D eigenvalue weighted by Gasteiger charge is -2.17. The number of likely N-dealkylation sites (tertiary alicyclic amines) is 1. The van der Waals surface area contributed by atoms with E-state index in [2.05, 4.69) is 21.9 Å². The summed E-state index contributed by atoms with van der Waals surface area (Å²) in [5.41, 5.74) is 1.48. The molecule has 2 fully saturated rings. The van der Waals surface area contributed by atoms with Crippen LogP contribution in [-0.2, 0) is 0 Å². The zero-order valence-corrected chi connectivity index (χ0v) is 18.7. The van der Waals surface area contributed by atoms with Gasteiger partial charge in [0.15, 0.2) is 23.1 Å². The molecule has 1 saturated heterocycles. The van der Waals surface area contributed by atoms with Crippen LogP contribution in [0.4, 0.5) is 4.39 Å². The van der Waals surface area contributed by atoms with Gasteiger partial charge in [-0.05, 0) is 68.3 Å². The van der Waals surface area contributed by atoms with Gasteiger partial charge in [0, 0.05) is 19.2 Å². The molecule has 1 aliphatic carbocycles. The van der Waals surface area contributed by atoms with Gasteiger partial charge in [-0.3, -0.25) is 0 Å². The Kier molecular flexibility index (Phi) is 5.59. The Morgan fingerprint density at radius 1 is 1.03 bits per heavy atom. The normalized spacial score (nSPS) is 22.8. The standard InChI is InChI=1S/C25H28FN3O3/c1-15-4-5-22(20(26)6-15)32-25-19-9-23(30-3)24(10-21(19)27-14-28-25)31-13-16-7-17-11-29(2)12-18(17)8-16/h4-6,9-10,14,16-18H,7-8,11-13H2,1-3H3. The molecule has 32 heavy (non-hydrogen) atoms. The molecule has 2 atom stereocenters. The van der Waals surface area contributed by atoms with Crippen LogP contribution < -0.4 is 14.2 Å². The SMILES string of the molecule is COc1cc2c(Oc3ccc(C)cc3F)ncnc2cc1OCC1CC2CN(C)CC2C1. The average Bonchev–Trinajstić information content (AvgIpc) is 3.30. The van der Waals surface area contributed by atoms with Crippen molar-refractivity contribution in [1.82, 2.24) is 14.9 Å². The van der Waals surface area contributed by atoms with Crippen molar-refractivity contribution in [3.05, 3.63) is 48.0 Å². The Hall–Kier alpha value is -2.93. The van der Waals surface area contributed by atoms with E-state index in [1.54, 1.807) is 25.3 Å². The van der Waals surface area contributed by atoms with Crippen LogP contribution in [-0.4, -0.2) is 48.7 Å². The third-order valence-electron chi connectivity index (χ3n) is 6.68. The van der Waals surface area contributed by atoms with E-state index in [9.17, 15) is 4.39 Å². The molecule has 1 aromatic heterocycles. The van der Waals surface area contributed by atoms with Crippen LogP contribution in [0.2, 0.25) is 0 Å². The van der Waals surface area contributed by atoms with Crippen LogP contribution in [0.1, 0.15) is 18.4 Å². The van der Waals surface area contributed by atoms with Gasteiger partial charge in [-0.2, -0.15) is 0 Å². The minimum atomic E-state index is -0.434. The van der Waals surface area contributed by atoms with E-state index in [1.807, 2.05) is 13.0 Å². The predicted octanol–water partition coefficient (Wildman–Crippen LogP) is 4.84. The van der Waals surface area contributed by atoms with E-state index in [4.69, 9.17) is 14.2 Å². The summed E-state index contributed by atoms with van der Waals surface area (Å²) in [6.07, 6.45) is 3.84. The summed E-state index contributed by atoms with van der Waals surface area (Å²) in [6.45, 7) is 4.89. The van der Waals surface area contributed by atoms with Crippen LogP contribution in [0.25, 0.3) is 10.9 Å². The molecule has 6 nitrogen and oxygen atoms in total. The Morgan fingerprint density at radius 3 is 2.53 bits per heavy atom. The minimum Gasteiger partial charge on any atom is -0.493 e. The van der Waals surface area contributed by atoms with E-state index in [-0.39, 0.29) is 11.6 Å². The van der Waals surface area contributed by atoms with Crippen molar-refractivity contribution in [2.24, 2.45) is 17.8 Å². The lowest BCUT2D eigenvalue weighted by molar-refractivity contribution is 0.227. The Balaban J connectivity index is 1.36. The Morgan fingerprint density at radius 2 is 1.81 bits per heavy atom. The predicted molar refractivity (Wildman–Crippen MR) is 120 cm³/mol. The summed E-state index contributed by atoms with van der Waals surface area (Å²) in [5.74, 6) is 3.34. The van der Waals surface area contributed by atoms with Gasteiger partial charge in [0.05, 0.1) is 24.6 Å². The molecule has 2 aromatic carbocycles. The maximum atomic E-state index is 14.3. The van der Waals surface area contributed by atoms with E-state index >= 15 is 0 Å². The summed E-state index contributed by atoms with van der Waals surface area (Å²) in [5, 5.41) is 0.634. The number of hydrogen-bond donors (Lipinski definition) is 0. The molecule has 1 saturated carbocycles. The van der Waals surface area contributed by atoms with E-state index in [0.29, 0.717) is 34.9 Å². The smallest absolute Gasteiger partial charge is 0.230 e. The molecule has 0 spiro atoms. The molecule has 0 N–H and O–H groups in total. The highest BCUT2D eigenvalue weighted by Crippen LogP contribution is 2.42. The Bertz CT molecular complexity index is 1120. The fourth-order valence-corrected chi connectivity index (χ4v) is 5.19. The van der Waals surface area contributed by atoms with Crippen LogP contribution in [0.15, 0.2) is 36.7 Å². The first-order valence-electron chi connectivity index (χ1n) is 11.1. The summed E-state index contributed by atoms with van der Waals surface area (Å²) in [6, 6.07) is 8.47. The van der Waals surface area contributed by atoms with Crippen molar-refractivity contribution in [3.8, 4) is 23.1 Å². The lowest BCUT2D eigenvalue weighted by Crippen LogP contribution is -2.18. The van der Waals surface area contributed by atoms with Gasteiger partial charge in [-0.15, -0.1) is 0 Å². The molecule has 2 unspecified atom stereocenters. The van der Waals surface area contributed by atoms with E-state index < -0.39 is 5.82 Å². The van der Waals surface area contributed by atoms with Crippen molar-refractivity contribution >= 4 is 10.9 Å². The summed E-state index contributed by atoms with van der Waals surface area (Å²) < 4.78 is 31.9. The molecule has 2 aliphatic rings. The molecular weight excluding hydrogens is 409 g/mol. The third kappa shape index (κ3) is 4.09. The average molecular weight is 438 g/mol. The summed E-state index contributed by atoms with van der Waals surface area (Å²) in [4.78, 5) is 11.0. The number of aromatic nitrogens is 2. The van der Waals surface area contributed by atoms with Gasteiger partial charge in [0.1, 0.15) is 6.33 Å². The van der Waals surface area contributed by atoms with Crippen molar-refractivity contribution in [1.29, 1.82) is 0 Å². The van der Waals surface area contributed by atoms with Gasteiger partial charge < -0.3 is 19.1 Å². The van der Waals surface area contributed by atoms with Crippen molar-refractivity contribution in [2.45, 2.75) is 19.8 Å². The minimum absolute atomic E-state index is 0.118. The zero-order chi connectivity index (χ0) is 22.2. The third-order valence-corrected chi connectivity index (χ3v) is 6.68. The second-order valence-corrected chi connectivity index (χ2v) is 9.12. The first-order valence-corrected chi connectivity index (χ1v) is 11.1. The first-order chi connectivity index (χ1) is 15.5. The molecule has 168 valence electrons. The number of aryl methyl sites for hydroxylation is 1. The summed E-state index contributed by atoms with van der Waals surface area (Å²) >= 11 is 0. The quantitative estimate of drug-likeness (QED) is 0.550. The van der Waals surface area contributed by atoms with E-state index in [1.165, 1.54) is 38.3 Å².